The Hall–Kier alpha value is -0.636. The van der Waals surface area contributed by atoms with Gasteiger partial charge in [-0.25, -0.2) is 4.79 Å². The topological polar surface area (TPSA) is 102 Å². The Kier molecular flexibility index (Phi) is 17.3. The van der Waals surface area contributed by atoms with Crippen LogP contribution < -0.4 is 0 Å². The molecule has 11 heteroatoms. The summed E-state index contributed by atoms with van der Waals surface area (Å²) < 4.78 is 37.7. The molecule has 0 spiro atoms. The Morgan fingerprint density at radius 2 is 1.04 bits per heavy atom. The van der Waals surface area contributed by atoms with Crippen LogP contribution in [0.15, 0.2) is 12.2 Å². The molecule has 1 N–H and O–H groups in total. The molecule has 0 rings (SSSR count). The SMILES string of the molecule is C=C(C)C(=O)O.CO[Si](CCCOCCC[Si](OC)(OC)OC)(OC)OC. The summed E-state index contributed by atoms with van der Waals surface area (Å²) in [6.07, 6.45) is 1.67. The molecule has 0 atom stereocenters. The third kappa shape index (κ3) is 12.4. The number of rotatable bonds is 15. The van der Waals surface area contributed by atoms with E-state index in [4.69, 9.17) is 36.4 Å². The van der Waals surface area contributed by atoms with Crippen molar-refractivity contribution in [3.63, 3.8) is 0 Å². The van der Waals surface area contributed by atoms with Crippen molar-refractivity contribution in [1.29, 1.82) is 0 Å². The minimum atomic E-state index is -2.47. The van der Waals surface area contributed by atoms with E-state index in [1.165, 1.54) is 6.92 Å². The normalized spacial score (nSPS) is 11.7. The van der Waals surface area contributed by atoms with Gasteiger partial charge in [0.1, 0.15) is 0 Å². The minimum Gasteiger partial charge on any atom is -0.478 e. The van der Waals surface area contributed by atoms with Gasteiger partial charge in [0, 0.05) is 73.5 Å². The van der Waals surface area contributed by atoms with E-state index < -0.39 is 23.6 Å². The Balaban J connectivity index is 0. The maximum Gasteiger partial charge on any atom is 0.500 e. The summed E-state index contributed by atoms with van der Waals surface area (Å²) in [4.78, 5) is 9.60. The van der Waals surface area contributed by atoms with Crippen LogP contribution in [0.25, 0.3) is 0 Å². The van der Waals surface area contributed by atoms with E-state index in [0.717, 1.165) is 24.9 Å². The van der Waals surface area contributed by atoms with Crippen LogP contribution in [0.1, 0.15) is 19.8 Å². The highest BCUT2D eigenvalue weighted by Crippen LogP contribution is 2.16. The van der Waals surface area contributed by atoms with Crippen LogP contribution in [0, 0.1) is 0 Å². The first-order chi connectivity index (χ1) is 12.7. The lowest BCUT2D eigenvalue weighted by atomic mass is 10.4. The fourth-order valence-corrected chi connectivity index (χ4v) is 5.38. The maximum absolute atomic E-state index is 9.60. The fraction of sp³-hybridized carbons (Fsp3) is 0.812. The molecule has 0 radical (unpaired) electrons. The minimum absolute atomic E-state index is 0.176. The summed E-state index contributed by atoms with van der Waals surface area (Å²) in [6.45, 7) is 5.89. The van der Waals surface area contributed by atoms with Crippen molar-refractivity contribution in [2.75, 3.05) is 55.9 Å². The van der Waals surface area contributed by atoms with E-state index in [1.807, 2.05) is 0 Å². The molecule has 0 bridgehead atoms. The summed E-state index contributed by atoms with van der Waals surface area (Å²) in [5.41, 5.74) is 0.176. The first-order valence-corrected chi connectivity index (χ1v) is 12.4. The van der Waals surface area contributed by atoms with Crippen molar-refractivity contribution < 1.29 is 41.2 Å². The quantitative estimate of drug-likeness (QED) is 0.239. The number of hydrogen-bond acceptors (Lipinski definition) is 8. The molecule has 0 saturated heterocycles. The van der Waals surface area contributed by atoms with Crippen molar-refractivity contribution in [2.24, 2.45) is 0 Å². The molecule has 0 heterocycles. The summed E-state index contributed by atoms with van der Waals surface area (Å²) in [5.74, 6) is -0.935. The van der Waals surface area contributed by atoms with E-state index in [2.05, 4.69) is 6.58 Å². The molecule has 9 nitrogen and oxygen atoms in total. The molecule has 0 aromatic heterocycles. The van der Waals surface area contributed by atoms with Crippen LogP contribution in [-0.4, -0.2) is 84.6 Å². The highest BCUT2D eigenvalue weighted by molar-refractivity contribution is 6.60. The first-order valence-electron chi connectivity index (χ1n) is 8.49. The second-order valence-electron chi connectivity index (χ2n) is 5.50. The van der Waals surface area contributed by atoms with Crippen molar-refractivity contribution in [1.82, 2.24) is 0 Å². The van der Waals surface area contributed by atoms with Crippen LogP contribution in [0.3, 0.4) is 0 Å². The van der Waals surface area contributed by atoms with Crippen molar-refractivity contribution in [2.45, 2.75) is 31.9 Å². The van der Waals surface area contributed by atoms with Crippen LogP contribution in [-0.2, 0) is 36.1 Å². The summed E-state index contributed by atoms with van der Waals surface area (Å²) >= 11 is 0. The van der Waals surface area contributed by atoms with Crippen LogP contribution in [0.5, 0.6) is 0 Å². The van der Waals surface area contributed by atoms with Crippen molar-refractivity contribution in [3.8, 4) is 0 Å². The molecule has 0 aliphatic carbocycles. The molecule has 0 amide bonds. The molecule has 0 aromatic carbocycles. The standard InChI is InChI=1S/C12H30O7Si2.C4H6O2/c1-13-20(14-2,15-3)11-7-9-19-10-8-12-21(16-4,17-5)18-6;1-3(2)4(5)6/h7-12H2,1-6H3;1H2,2H3,(H,5,6). The van der Waals surface area contributed by atoms with E-state index in [-0.39, 0.29) is 5.57 Å². The highest BCUT2D eigenvalue weighted by Gasteiger charge is 2.37. The lowest BCUT2D eigenvalue weighted by Crippen LogP contribution is -2.43. The van der Waals surface area contributed by atoms with Gasteiger partial charge in [-0.2, -0.15) is 0 Å². The van der Waals surface area contributed by atoms with Gasteiger partial charge in [-0.05, 0) is 19.8 Å². The molecule has 0 unspecified atom stereocenters. The number of ether oxygens (including phenoxy) is 1. The van der Waals surface area contributed by atoms with E-state index in [9.17, 15) is 4.79 Å². The zero-order chi connectivity index (χ0) is 21.3. The van der Waals surface area contributed by atoms with Gasteiger partial charge < -0.3 is 36.4 Å². The molecule has 0 fully saturated rings. The van der Waals surface area contributed by atoms with Crippen LogP contribution in [0.4, 0.5) is 0 Å². The molecule has 0 saturated carbocycles. The third-order valence-corrected chi connectivity index (χ3v) is 9.44. The molecule has 27 heavy (non-hydrogen) atoms. The second kappa shape index (κ2) is 16.3. The predicted octanol–water partition coefficient (Wildman–Crippen LogP) is 2.19. The van der Waals surface area contributed by atoms with E-state index in [1.54, 1.807) is 42.7 Å². The van der Waals surface area contributed by atoms with Gasteiger partial charge in [-0.1, -0.05) is 6.58 Å². The molecule has 0 aliphatic heterocycles. The third-order valence-electron chi connectivity index (χ3n) is 3.77. The van der Waals surface area contributed by atoms with Crippen LogP contribution >= 0.6 is 0 Å². The zero-order valence-electron chi connectivity index (χ0n) is 17.7. The van der Waals surface area contributed by atoms with Gasteiger partial charge in [0.15, 0.2) is 0 Å². The van der Waals surface area contributed by atoms with Crippen molar-refractivity contribution in [3.05, 3.63) is 12.2 Å². The van der Waals surface area contributed by atoms with Crippen LogP contribution in [0.2, 0.25) is 12.1 Å². The Morgan fingerprint density at radius 1 is 0.778 bits per heavy atom. The largest absolute Gasteiger partial charge is 0.500 e. The Labute approximate surface area is 165 Å². The number of carboxylic acids is 1. The predicted molar refractivity (Wildman–Crippen MR) is 106 cm³/mol. The number of carboxylic acid groups (broad SMARTS) is 1. The Morgan fingerprint density at radius 3 is 1.22 bits per heavy atom. The smallest absolute Gasteiger partial charge is 0.478 e. The number of aliphatic carboxylic acids is 1. The van der Waals surface area contributed by atoms with Gasteiger partial charge in [-0.15, -0.1) is 0 Å². The fourth-order valence-electron chi connectivity index (χ4n) is 2.00. The lowest BCUT2D eigenvalue weighted by molar-refractivity contribution is -0.132. The first kappa shape index (κ1) is 28.6. The zero-order valence-corrected chi connectivity index (χ0v) is 19.7. The summed E-state index contributed by atoms with van der Waals surface area (Å²) in [6, 6.07) is 1.48. The molecule has 162 valence electrons. The molecular formula is C16H36O9Si2. The molecule has 0 aliphatic rings. The maximum atomic E-state index is 9.60. The van der Waals surface area contributed by atoms with Crippen molar-refractivity contribution >= 4 is 23.6 Å². The lowest BCUT2D eigenvalue weighted by Gasteiger charge is -2.24. The average molecular weight is 429 g/mol. The summed E-state index contributed by atoms with van der Waals surface area (Å²) in [7, 11) is 4.76. The van der Waals surface area contributed by atoms with Gasteiger partial charge in [0.2, 0.25) is 0 Å². The second-order valence-corrected chi connectivity index (χ2v) is 11.7. The van der Waals surface area contributed by atoms with Gasteiger partial charge in [0.25, 0.3) is 0 Å². The summed E-state index contributed by atoms with van der Waals surface area (Å²) in [5, 5.41) is 7.89. The monoisotopic (exact) mass is 428 g/mol. The average Bonchev–Trinajstić information content (AvgIpc) is 2.68. The van der Waals surface area contributed by atoms with E-state index >= 15 is 0 Å². The number of hydrogen-bond donors (Lipinski definition) is 1. The van der Waals surface area contributed by atoms with Gasteiger partial charge in [0.05, 0.1) is 0 Å². The van der Waals surface area contributed by atoms with E-state index in [0.29, 0.717) is 13.2 Å². The van der Waals surface area contributed by atoms with Gasteiger partial charge >= 0.3 is 23.6 Å². The number of carbonyl (C=O) groups is 1. The van der Waals surface area contributed by atoms with Gasteiger partial charge in [-0.3, -0.25) is 0 Å². The highest BCUT2D eigenvalue weighted by atomic mass is 28.4. The Bertz CT molecular complexity index is 347. The molecule has 0 aromatic rings. The molecular weight excluding hydrogens is 392 g/mol.